The van der Waals surface area contributed by atoms with Gasteiger partial charge >= 0.3 is 5.97 Å². The third-order valence-corrected chi connectivity index (χ3v) is 6.06. The second-order valence-electron chi connectivity index (χ2n) is 6.84. The van der Waals surface area contributed by atoms with Gasteiger partial charge in [0.15, 0.2) is 0 Å². The highest BCUT2D eigenvalue weighted by molar-refractivity contribution is 5.94. The first-order valence-electron chi connectivity index (χ1n) is 8.42. The van der Waals surface area contributed by atoms with E-state index in [1.807, 2.05) is 12.1 Å². The zero-order valence-electron chi connectivity index (χ0n) is 13.5. The van der Waals surface area contributed by atoms with E-state index in [-0.39, 0.29) is 17.8 Å². The molecule has 2 nitrogen and oxygen atoms in total. The lowest BCUT2D eigenvalue weighted by atomic mass is 9.39. The van der Waals surface area contributed by atoms with Gasteiger partial charge in [-0.15, -0.1) is 0 Å². The van der Waals surface area contributed by atoms with Crippen molar-refractivity contribution in [2.45, 2.75) is 11.3 Å². The molecule has 0 aliphatic heterocycles. The van der Waals surface area contributed by atoms with Crippen LogP contribution >= 0.6 is 0 Å². The molecule has 0 unspecified atom stereocenters. The number of carbonyl (C=O) groups excluding carboxylic acids is 1. The second-order valence-corrected chi connectivity index (χ2v) is 6.84. The third-order valence-electron chi connectivity index (χ3n) is 6.06. The van der Waals surface area contributed by atoms with Crippen molar-refractivity contribution in [2.24, 2.45) is 11.8 Å². The van der Waals surface area contributed by atoms with Crippen LogP contribution < -0.4 is 0 Å². The van der Waals surface area contributed by atoms with Crippen LogP contribution in [-0.2, 0) is 14.9 Å². The minimum absolute atomic E-state index is 0.115. The summed E-state index contributed by atoms with van der Waals surface area (Å²) in [5.74, 6) is 0.538. The van der Waals surface area contributed by atoms with Crippen LogP contribution in [0.1, 0.15) is 17.0 Å². The molecule has 0 spiro atoms. The average molecular weight is 314 g/mol. The Labute approximate surface area is 141 Å². The maximum absolute atomic E-state index is 13.1. The number of ether oxygens (including phenoxy) is 1. The Kier molecular flexibility index (Phi) is 2.70. The molecule has 0 N–H and O–H groups in total. The Morgan fingerprint density at radius 1 is 0.958 bits per heavy atom. The molecule has 3 aliphatic rings. The molecule has 1 fully saturated rings. The van der Waals surface area contributed by atoms with E-state index in [2.05, 4.69) is 60.7 Å². The van der Waals surface area contributed by atoms with Gasteiger partial charge in [-0.05, 0) is 28.2 Å². The molecule has 3 aliphatic carbocycles. The Bertz CT molecular complexity index is 908. The minimum Gasteiger partial charge on any atom is -0.468 e. The zero-order valence-corrected chi connectivity index (χ0v) is 13.5. The number of rotatable bonds is 1. The van der Waals surface area contributed by atoms with Crippen molar-refractivity contribution in [1.29, 1.82) is 0 Å². The van der Waals surface area contributed by atoms with Crippen LogP contribution in [0.4, 0.5) is 0 Å². The second kappa shape index (κ2) is 4.70. The maximum atomic E-state index is 13.1. The zero-order chi connectivity index (χ0) is 16.3. The van der Waals surface area contributed by atoms with E-state index in [9.17, 15) is 4.79 Å². The van der Waals surface area contributed by atoms with Crippen molar-refractivity contribution in [2.75, 3.05) is 7.11 Å². The van der Waals surface area contributed by atoms with Crippen LogP contribution in [0.25, 0.3) is 11.1 Å². The van der Waals surface area contributed by atoms with Gasteiger partial charge in [-0.25, -0.2) is 0 Å². The van der Waals surface area contributed by atoms with E-state index in [1.165, 1.54) is 18.2 Å². The fraction of sp³-hybridized carbons (Fsp3) is 0.227. The first-order chi connectivity index (χ1) is 11.8. The summed E-state index contributed by atoms with van der Waals surface area (Å²) in [6, 6.07) is 16.8. The molecule has 0 amide bonds. The summed E-state index contributed by atoms with van der Waals surface area (Å²) in [6.07, 6.45) is 8.60. The van der Waals surface area contributed by atoms with E-state index in [1.54, 1.807) is 0 Å². The molecular formula is C22H18O2. The van der Waals surface area contributed by atoms with Gasteiger partial charge < -0.3 is 4.74 Å². The lowest BCUT2D eigenvalue weighted by molar-refractivity contribution is -0.159. The average Bonchev–Trinajstić information content (AvgIpc) is 2.64. The van der Waals surface area contributed by atoms with E-state index in [4.69, 9.17) is 4.74 Å². The smallest absolute Gasteiger partial charge is 0.317 e. The molecular weight excluding hydrogens is 296 g/mol. The number of fused-ring (bicyclic) bond motifs is 9. The lowest BCUT2D eigenvalue weighted by Crippen LogP contribution is -2.63. The van der Waals surface area contributed by atoms with E-state index < -0.39 is 5.41 Å². The largest absolute Gasteiger partial charge is 0.468 e. The Morgan fingerprint density at radius 3 is 2.50 bits per heavy atom. The maximum Gasteiger partial charge on any atom is 0.317 e. The van der Waals surface area contributed by atoms with Crippen molar-refractivity contribution in [3.05, 3.63) is 84.0 Å². The molecule has 0 saturated heterocycles. The molecule has 1 saturated carbocycles. The first kappa shape index (κ1) is 13.8. The van der Waals surface area contributed by atoms with E-state index >= 15 is 0 Å². The number of hydrogen-bond acceptors (Lipinski definition) is 2. The highest BCUT2D eigenvalue weighted by Crippen LogP contribution is 2.68. The lowest BCUT2D eigenvalue weighted by Gasteiger charge is -2.61. The van der Waals surface area contributed by atoms with Gasteiger partial charge in [0.05, 0.1) is 7.11 Å². The number of carbonyl (C=O) groups is 1. The van der Waals surface area contributed by atoms with Gasteiger partial charge in [-0.3, -0.25) is 4.79 Å². The number of methoxy groups -OCH3 is 1. The predicted octanol–water partition coefficient (Wildman–Crippen LogP) is 4.23. The van der Waals surface area contributed by atoms with Crippen LogP contribution in [0, 0.1) is 11.8 Å². The summed E-state index contributed by atoms with van der Waals surface area (Å²) < 4.78 is 5.34. The van der Waals surface area contributed by atoms with Crippen LogP contribution in [0.5, 0.6) is 0 Å². The first-order valence-corrected chi connectivity index (χ1v) is 8.42. The predicted molar refractivity (Wildman–Crippen MR) is 93.6 cm³/mol. The quantitative estimate of drug-likeness (QED) is 0.736. The van der Waals surface area contributed by atoms with Gasteiger partial charge in [-0.1, -0.05) is 72.8 Å². The van der Waals surface area contributed by atoms with Crippen molar-refractivity contribution in [1.82, 2.24) is 0 Å². The van der Waals surface area contributed by atoms with Crippen molar-refractivity contribution in [3.63, 3.8) is 0 Å². The van der Waals surface area contributed by atoms with Crippen molar-refractivity contribution >= 4 is 5.97 Å². The summed E-state index contributed by atoms with van der Waals surface area (Å²) in [4.78, 5) is 13.1. The highest BCUT2D eigenvalue weighted by atomic mass is 16.5. The van der Waals surface area contributed by atoms with Crippen molar-refractivity contribution in [3.8, 4) is 11.1 Å². The number of benzene rings is 2. The van der Waals surface area contributed by atoms with Gasteiger partial charge in [-0.2, -0.15) is 0 Å². The van der Waals surface area contributed by atoms with Gasteiger partial charge in [0, 0.05) is 11.8 Å². The summed E-state index contributed by atoms with van der Waals surface area (Å²) in [6.45, 7) is 0. The van der Waals surface area contributed by atoms with E-state index in [0.717, 1.165) is 11.1 Å². The standard InChI is InChI=1S/C22H18O2/c1-24-21(23)22-18-12-6-4-9-15(18)14-8-2-3-10-16(14)20(22)17-11-5-7-13-19(17)22/h2-13,17,19-20H,1H3/t17-,19+,20-,22-/m0/s1. The fourth-order valence-corrected chi connectivity index (χ4v) is 5.22. The molecule has 2 aromatic rings. The molecule has 4 atom stereocenters. The molecule has 118 valence electrons. The van der Waals surface area contributed by atoms with Crippen molar-refractivity contribution < 1.29 is 9.53 Å². The molecule has 2 aromatic carbocycles. The number of allylic oxidation sites excluding steroid dienone is 4. The van der Waals surface area contributed by atoms with Gasteiger partial charge in [0.1, 0.15) is 5.41 Å². The van der Waals surface area contributed by atoms with Gasteiger partial charge in [0.25, 0.3) is 0 Å². The third kappa shape index (κ3) is 1.40. The summed E-state index contributed by atoms with van der Waals surface area (Å²) in [5, 5.41) is 0. The summed E-state index contributed by atoms with van der Waals surface area (Å²) in [5.41, 5.74) is 4.19. The van der Waals surface area contributed by atoms with Crippen LogP contribution in [0.15, 0.2) is 72.8 Å². The fourth-order valence-electron chi connectivity index (χ4n) is 5.22. The molecule has 5 rings (SSSR count). The molecule has 0 heterocycles. The Balaban J connectivity index is 1.87. The van der Waals surface area contributed by atoms with Crippen LogP contribution in [-0.4, -0.2) is 13.1 Å². The summed E-state index contributed by atoms with van der Waals surface area (Å²) in [7, 11) is 1.51. The Hall–Kier alpha value is -2.61. The monoisotopic (exact) mass is 314 g/mol. The molecule has 0 aromatic heterocycles. The molecule has 0 bridgehead atoms. The SMILES string of the molecule is COC(=O)[C@]12c3ccccc3-c3ccccc3[C@H]1[C@H]1C=CC=C[C@H]12. The van der Waals surface area contributed by atoms with Crippen LogP contribution in [0.3, 0.4) is 0 Å². The highest BCUT2D eigenvalue weighted by Gasteiger charge is 2.68. The number of hydrogen-bond donors (Lipinski definition) is 0. The van der Waals surface area contributed by atoms with Crippen LogP contribution in [0.2, 0.25) is 0 Å². The normalized spacial score (nSPS) is 31.1. The molecule has 24 heavy (non-hydrogen) atoms. The van der Waals surface area contributed by atoms with Gasteiger partial charge in [0.2, 0.25) is 0 Å². The number of esters is 1. The Morgan fingerprint density at radius 2 is 1.67 bits per heavy atom. The van der Waals surface area contributed by atoms with E-state index in [0.29, 0.717) is 5.92 Å². The topological polar surface area (TPSA) is 26.3 Å². The molecule has 2 heteroatoms. The summed E-state index contributed by atoms with van der Waals surface area (Å²) >= 11 is 0. The molecule has 0 radical (unpaired) electrons. The minimum atomic E-state index is -0.606.